The average Bonchev–Trinajstić information content (AvgIpc) is 2.29. The monoisotopic (exact) mass is 303 g/mol. The van der Waals surface area contributed by atoms with E-state index in [0.717, 1.165) is 4.47 Å². The molecule has 0 spiro atoms. The van der Waals surface area contributed by atoms with Gasteiger partial charge in [-0.25, -0.2) is 8.78 Å². The average molecular weight is 304 g/mol. The van der Waals surface area contributed by atoms with E-state index in [-0.39, 0.29) is 18.9 Å². The van der Waals surface area contributed by atoms with Gasteiger partial charge >= 0.3 is 0 Å². The maximum Gasteiger partial charge on any atom is 0.250 e. The molecule has 1 aliphatic heterocycles. The molecule has 1 heterocycles. The molecular formula is C13H16BrF2N. The van der Waals surface area contributed by atoms with E-state index in [4.69, 9.17) is 0 Å². The summed E-state index contributed by atoms with van der Waals surface area (Å²) in [6.07, 6.45) is -0.0399. The lowest BCUT2D eigenvalue weighted by Gasteiger charge is -2.36. The summed E-state index contributed by atoms with van der Waals surface area (Å²) in [5.74, 6) is -2.46. The highest BCUT2D eigenvalue weighted by Crippen LogP contribution is 2.32. The van der Waals surface area contributed by atoms with Gasteiger partial charge in [0.2, 0.25) is 0 Å². The lowest BCUT2D eigenvalue weighted by molar-refractivity contribution is -0.0620. The van der Waals surface area contributed by atoms with Crippen LogP contribution in [0.4, 0.5) is 8.78 Å². The van der Waals surface area contributed by atoms with Crippen LogP contribution in [0.15, 0.2) is 28.7 Å². The number of halogens is 3. The second kappa shape index (κ2) is 5.02. The summed E-state index contributed by atoms with van der Waals surface area (Å²) in [7, 11) is 0. The molecule has 0 bridgehead atoms. The lowest BCUT2D eigenvalue weighted by Crippen LogP contribution is -2.40. The zero-order chi connectivity index (χ0) is 12.5. The van der Waals surface area contributed by atoms with Crippen molar-refractivity contribution in [1.29, 1.82) is 0 Å². The Bertz CT molecular complexity index is 368. The van der Waals surface area contributed by atoms with E-state index < -0.39 is 5.92 Å². The van der Waals surface area contributed by atoms with Crippen LogP contribution in [0.1, 0.15) is 31.4 Å². The van der Waals surface area contributed by atoms with E-state index in [1.54, 1.807) is 0 Å². The van der Waals surface area contributed by atoms with E-state index in [1.807, 2.05) is 24.3 Å². The molecule has 17 heavy (non-hydrogen) atoms. The molecule has 2 rings (SSSR count). The predicted octanol–water partition coefficient (Wildman–Crippen LogP) is 4.24. The van der Waals surface area contributed by atoms with Crippen molar-refractivity contribution in [3.05, 3.63) is 34.3 Å². The largest absolute Gasteiger partial charge is 0.296 e. The van der Waals surface area contributed by atoms with Crippen LogP contribution in [0.25, 0.3) is 0 Å². The quantitative estimate of drug-likeness (QED) is 0.790. The topological polar surface area (TPSA) is 3.24 Å². The molecule has 0 radical (unpaired) electrons. The second-order valence-electron chi connectivity index (χ2n) is 4.62. The summed E-state index contributed by atoms with van der Waals surface area (Å²) in [4.78, 5) is 2.13. The molecule has 0 N–H and O–H groups in total. The van der Waals surface area contributed by atoms with Gasteiger partial charge in [0.15, 0.2) is 0 Å². The minimum atomic E-state index is -2.46. The number of hydrogen-bond acceptors (Lipinski definition) is 1. The van der Waals surface area contributed by atoms with E-state index >= 15 is 0 Å². The number of alkyl halides is 2. The normalized spacial score (nSPS) is 22.4. The highest BCUT2D eigenvalue weighted by atomic mass is 79.9. The number of nitrogens with zero attached hydrogens (tertiary/aromatic N) is 1. The van der Waals surface area contributed by atoms with Gasteiger partial charge in [-0.05, 0) is 24.6 Å². The molecular weight excluding hydrogens is 288 g/mol. The Morgan fingerprint density at radius 1 is 1.18 bits per heavy atom. The summed E-state index contributed by atoms with van der Waals surface area (Å²) in [6.45, 7) is 3.03. The maximum atomic E-state index is 13.1. The van der Waals surface area contributed by atoms with E-state index in [0.29, 0.717) is 13.1 Å². The molecule has 0 aromatic heterocycles. The molecule has 1 unspecified atom stereocenters. The minimum Gasteiger partial charge on any atom is -0.296 e. The van der Waals surface area contributed by atoms with E-state index in [9.17, 15) is 8.78 Å². The summed E-state index contributed by atoms with van der Waals surface area (Å²) >= 11 is 3.39. The van der Waals surface area contributed by atoms with Gasteiger partial charge in [-0.1, -0.05) is 28.1 Å². The van der Waals surface area contributed by atoms with Gasteiger partial charge in [0.05, 0.1) is 0 Å². The van der Waals surface area contributed by atoms with Crippen molar-refractivity contribution in [3.8, 4) is 0 Å². The molecule has 1 aliphatic rings. The third-order valence-electron chi connectivity index (χ3n) is 3.43. The molecule has 0 amide bonds. The molecule has 1 nitrogen and oxygen atoms in total. The van der Waals surface area contributed by atoms with Crippen molar-refractivity contribution >= 4 is 15.9 Å². The minimum absolute atomic E-state index is 0.0200. The first-order valence-corrected chi connectivity index (χ1v) is 6.65. The van der Waals surface area contributed by atoms with Crippen molar-refractivity contribution < 1.29 is 8.78 Å². The fourth-order valence-electron chi connectivity index (χ4n) is 2.19. The lowest BCUT2D eigenvalue weighted by atomic mass is 10.0. The molecule has 1 aromatic rings. The van der Waals surface area contributed by atoms with Gasteiger partial charge in [-0.3, -0.25) is 4.90 Å². The van der Waals surface area contributed by atoms with Crippen LogP contribution in [0.2, 0.25) is 0 Å². The first-order valence-electron chi connectivity index (χ1n) is 5.85. The Balaban J connectivity index is 2.01. The first-order chi connectivity index (χ1) is 7.98. The van der Waals surface area contributed by atoms with Crippen LogP contribution >= 0.6 is 15.9 Å². The molecule has 94 valence electrons. The summed E-state index contributed by atoms with van der Waals surface area (Å²) < 4.78 is 27.2. The molecule has 1 fully saturated rings. The Kier molecular flexibility index (Phi) is 3.83. The number of hydrogen-bond donors (Lipinski definition) is 0. The standard InChI is InChI=1S/C13H16BrF2N/c1-10(11-2-4-12(14)5-3-11)17-8-6-13(15,16)7-9-17/h2-5,10H,6-9H2,1H3. The van der Waals surface area contributed by atoms with Crippen molar-refractivity contribution in [1.82, 2.24) is 4.90 Å². The van der Waals surface area contributed by atoms with Crippen LogP contribution in [-0.4, -0.2) is 23.9 Å². The highest BCUT2D eigenvalue weighted by Gasteiger charge is 2.35. The zero-order valence-electron chi connectivity index (χ0n) is 9.80. The van der Waals surface area contributed by atoms with Crippen LogP contribution < -0.4 is 0 Å². The highest BCUT2D eigenvalue weighted by molar-refractivity contribution is 9.10. The molecule has 0 saturated carbocycles. The third kappa shape index (κ3) is 3.26. The smallest absolute Gasteiger partial charge is 0.250 e. The summed E-state index contributed by atoms with van der Waals surface area (Å²) in [5, 5.41) is 0. The van der Waals surface area contributed by atoms with Gasteiger partial charge in [0.1, 0.15) is 0 Å². The van der Waals surface area contributed by atoms with Crippen molar-refractivity contribution in [2.24, 2.45) is 0 Å². The van der Waals surface area contributed by atoms with Crippen LogP contribution in [0.5, 0.6) is 0 Å². The zero-order valence-corrected chi connectivity index (χ0v) is 11.4. The van der Waals surface area contributed by atoms with Gasteiger partial charge in [0, 0.05) is 36.4 Å². The predicted molar refractivity (Wildman–Crippen MR) is 68.3 cm³/mol. The number of piperidine rings is 1. The molecule has 4 heteroatoms. The first kappa shape index (κ1) is 13.0. The summed E-state index contributed by atoms with van der Waals surface area (Å²) in [5.41, 5.74) is 1.18. The third-order valence-corrected chi connectivity index (χ3v) is 3.96. The van der Waals surface area contributed by atoms with Crippen molar-refractivity contribution in [3.63, 3.8) is 0 Å². The molecule has 0 aliphatic carbocycles. The molecule has 1 atom stereocenters. The fourth-order valence-corrected chi connectivity index (χ4v) is 2.45. The van der Waals surface area contributed by atoms with Crippen LogP contribution in [0.3, 0.4) is 0 Å². The Hall–Kier alpha value is -0.480. The SMILES string of the molecule is CC(c1ccc(Br)cc1)N1CCC(F)(F)CC1. The summed E-state index contributed by atoms with van der Waals surface area (Å²) in [6, 6.07) is 8.27. The number of likely N-dealkylation sites (tertiary alicyclic amines) is 1. The number of rotatable bonds is 2. The number of benzene rings is 1. The molecule has 1 aromatic carbocycles. The fraction of sp³-hybridized carbons (Fsp3) is 0.538. The van der Waals surface area contributed by atoms with Crippen molar-refractivity contribution in [2.75, 3.05) is 13.1 Å². The van der Waals surface area contributed by atoms with E-state index in [1.165, 1.54) is 5.56 Å². The van der Waals surface area contributed by atoms with Gasteiger partial charge in [0.25, 0.3) is 5.92 Å². The second-order valence-corrected chi connectivity index (χ2v) is 5.54. The Morgan fingerprint density at radius 2 is 1.71 bits per heavy atom. The molecule has 1 saturated heterocycles. The van der Waals surface area contributed by atoms with Gasteiger partial charge in [-0.15, -0.1) is 0 Å². The van der Waals surface area contributed by atoms with Crippen LogP contribution in [0, 0.1) is 0 Å². The van der Waals surface area contributed by atoms with Crippen molar-refractivity contribution in [2.45, 2.75) is 31.7 Å². The van der Waals surface area contributed by atoms with Gasteiger partial charge < -0.3 is 0 Å². The van der Waals surface area contributed by atoms with E-state index in [2.05, 4.69) is 27.8 Å². The maximum absolute atomic E-state index is 13.1. The van der Waals surface area contributed by atoms with Crippen LogP contribution in [-0.2, 0) is 0 Å². The Morgan fingerprint density at radius 3 is 2.24 bits per heavy atom. The van der Waals surface area contributed by atoms with Gasteiger partial charge in [-0.2, -0.15) is 0 Å². The Labute approximate surface area is 109 Å².